The molecule has 128 valence electrons. The summed E-state index contributed by atoms with van der Waals surface area (Å²) in [5.41, 5.74) is 0.730. The number of nitrogens with zero attached hydrogens (tertiary/aromatic N) is 1. The van der Waals surface area contributed by atoms with Crippen molar-refractivity contribution < 1.29 is 9.59 Å². The van der Waals surface area contributed by atoms with Gasteiger partial charge in [0, 0.05) is 27.7 Å². The van der Waals surface area contributed by atoms with Crippen LogP contribution in [0.4, 0.5) is 0 Å². The van der Waals surface area contributed by atoms with E-state index in [4.69, 9.17) is 0 Å². The first-order valence-corrected chi connectivity index (χ1v) is 9.12. The summed E-state index contributed by atoms with van der Waals surface area (Å²) in [6, 6.07) is 8.09. The van der Waals surface area contributed by atoms with Crippen LogP contribution < -0.4 is 10.6 Å². The number of rotatable bonds is 5. The van der Waals surface area contributed by atoms with Crippen LogP contribution in [0, 0.1) is 0 Å². The molecule has 1 aliphatic rings. The van der Waals surface area contributed by atoms with Crippen LogP contribution in [0.25, 0.3) is 10.1 Å². The van der Waals surface area contributed by atoms with Gasteiger partial charge in [-0.25, -0.2) is 0 Å². The molecule has 5 nitrogen and oxygen atoms in total. The maximum absolute atomic E-state index is 12.6. The van der Waals surface area contributed by atoms with Gasteiger partial charge in [0.15, 0.2) is 0 Å². The van der Waals surface area contributed by atoms with Crippen LogP contribution in [0.5, 0.6) is 0 Å². The first-order chi connectivity index (χ1) is 11.5. The van der Waals surface area contributed by atoms with Gasteiger partial charge in [0.1, 0.15) is 0 Å². The van der Waals surface area contributed by atoms with Crippen LogP contribution in [-0.2, 0) is 4.79 Å². The molecule has 0 spiro atoms. The van der Waals surface area contributed by atoms with E-state index < -0.39 is 0 Å². The highest BCUT2D eigenvalue weighted by Crippen LogP contribution is 2.25. The van der Waals surface area contributed by atoms with Crippen molar-refractivity contribution in [3.63, 3.8) is 0 Å². The molecule has 6 heteroatoms. The molecule has 1 heterocycles. The number of nitrogens with one attached hydrogen (secondary N) is 2. The Hall–Kier alpha value is -1.92. The number of carbonyl (C=O) groups is 2. The highest BCUT2D eigenvalue weighted by atomic mass is 32.1. The summed E-state index contributed by atoms with van der Waals surface area (Å²) in [6.45, 7) is 0.397. The van der Waals surface area contributed by atoms with Gasteiger partial charge in [0.25, 0.3) is 5.91 Å². The van der Waals surface area contributed by atoms with E-state index >= 15 is 0 Å². The number of thiophene rings is 1. The fourth-order valence-corrected chi connectivity index (χ4v) is 4.07. The van der Waals surface area contributed by atoms with E-state index in [1.807, 2.05) is 48.6 Å². The second-order valence-electron chi connectivity index (χ2n) is 6.62. The molecular weight excluding hydrogens is 322 g/mol. The Morgan fingerprint density at radius 1 is 1.17 bits per heavy atom. The highest BCUT2D eigenvalue weighted by molar-refractivity contribution is 7.17. The number of amides is 2. The summed E-state index contributed by atoms with van der Waals surface area (Å²) in [7, 11) is 3.75. The van der Waals surface area contributed by atoms with Gasteiger partial charge >= 0.3 is 0 Å². The van der Waals surface area contributed by atoms with Crippen LogP contribution >= 0.6 is 11.3 Å². The van der Waals surface area contributed by atoms with Crippen LogP contribution in [-0.4, -0.2) is 49.4 Å². The minimum Gasteiger partial charge on any atom is -0.352 e. The van der Waals surface area contributed by atoms with Gasteiger partial charge in [-0.1, -0.05) is 6.07 Å². The first-order valence-electron chi connectivity index (χ1n) is 8.24. The van der Waals surface area contributed by atoms with Crippen LogP contribution in [0.2, 0.25) is 0 Å². The van der Waals surface area contributed by atoms with Crippen molar-refractivity contribution >= 4 is 33.2 Å². The lowest BCUT2D eigenvalue weighted by atomic mass is 10.1. The zero-order valence-electron chi connectivity index (χ0n) is 14.0. The van der Waals surface area contributed by atoms with Gasteiger partial charge in [-0.2, -0.15) is 0 Å². The Kier molecular flexibility index (Phi) is 5.16. The van der Waals surface area contributed by atoms with E-state index in [9.17, 15) is 9.59 Å². The van der Waals surface area contributed by atoms with Gasteiger partial charge < -0.3 is 15.5 Å². The van der Waals surface area contributed by atoms with E-state index in [0.717, 1.165) is 34.9 Å². The topological polar surface area (TPSA) is 61.4 Å². The summed E-state index contributed by atoms with van der Waals surface area (Å²) >= 11 is 1.64. The molecule has 2 N–H and O–H groups in total. The Bertz CT molecular complexity index is 741. The van der Waals surface area contributed by atoms with Gasteiger partial charge in [-0.15, -0.1) is 11.3 Å². The Morgan fingerprint density at radius 2 is 1.92 bits per heavy atom. The van der Waals surface area contributed by atoms with Gasteiger partial charge in [0.2, 0.25) is 5.91 Å². The second-order valence-corrected chi connectivity index (χ2v) is 7.57. The van der Waals surface area contributed by atoms with Crippen LogP contribution in [0.1, 0.15) is 29.6 Å². The molecule has 1 saturated carbocycles. The van der Waals surface area contributed by atoms with Crippen molar-refractivity contribution in [2.75, 3.05) is 20.6 Å². The van der Waals surface area contributed by atoms with Gasteiger partial charge in [-0.3, -0.25) is 9.59 Å². The molecule has 1 aliphatic carbocycles. The smallest absolute Gasteiger partial charge is 0.252 e. The lowest BCUT2D eigenvalue weighted by Gasteiger charge is -2.16. The van der Waals surface area contributed by atoms with Crippen molar-refractivity contribution in [2.45, 2.75) is 31.3 Å². The minimum atomic E-state index is -0.0238. The van der Waals surface area contributed by atoms with Crippen molar-refractivity contribution in [2.24, 2.45) is 0 Å². The third kappa shape index (κ3) is 3.94. The second kappa shape index (κ2) is 7.32. The third-order valence-corrected chi connectivity index (χ3v) is 5.22. The van der Waals surface area contributed by atoms with E-state index in [-0.39, 0.29) is 23.9 Å². The van der Waals surface area contributed by atoms with Gasteiger partial charge in [-0.05, 0) is 56.9 Å². The highest BCUT2D eigenvalue weighted by Gasteiger charge is 2.27. The number of fused-ring (bicyclic) bond motifs is 1. The number of hydrogen-bond donors (Lipinski definition) is 2. The quantitative estimate of drug-likeness (QED) is 0.874. The van der Waals surface area contributed by atoms with Crippen LogP contribution in [0.3, 0.4) is 0 Å². The summed E-state index contributed by atoms with van der Waals surface area (Å²) < 4.78 is 1.13. The van der Waals surface area contributed by atoms with Crippen molar-refractivity contribution in [3.05, 3.63) is 35.2 Å². The molecule has 1 aromatic carbocycles. The largest absolute Gasteiger partial charge is 0.352 e. The molecule has 2 atom stereocenters. The minimum absolute atomic E-state index is 0.0238. The van der Waals surface area contributed by atoms with Gasteiger partial charge in [0.05, 0.1) is 6.54 Å². The zero-order valence-corrected chi connectivity index (χ0v) is 14.9. The number of likely N-dealkylation sites (N-methyl/N-ethyl adjacent to an activating group) is 1. The predicted octanol–water partition coefficient (Wildman–Crippen LogP) is 2.23. The molecule has 0 saturated heterocycles. The molecule has 1 aromatic heterocycles. The van der Waals surface area contributed by atoms with Crippen molar-refractivity contribution in [3.8, 4) is 0 Å². The third-order valence-electron chi connectivity index (χ3n) is 4.33. The van der Waals surface area contributed by atoms with Crippen molar-refractivity contribution in [1.82, 2.24) is 15.5 Å². The Morgan fingerprint density at radius 3 is 2.67 bits per heavy atom. The van der Waals surface area contributed by atoms with E-state index in [1.54, 1.807) is 11.3 Å². The zero-order chi connectivity index (χ0) is 17.1. The Balaban J connectivity index is 1.56. The lowest BCUT2D eigenvalue weighted by Crippen LogP contribution is -2.40. The molecule has 2 amide bonds. The SMILES string of the molecule is CN(C)CC(=O)N[C@@H]1CC[C@H](NC(=O)c2cccc3sccc23)C1. The molecule has 0 radical (unpaired) electrons. The molecule has 0 aliphatic heterocycles. The van der Waals surface area contributed by atoms with E-state index in [0.29, 0.717) is 6.54 Å². The fraction of sp³-hybridized carbons (Fsp3) is 0.444. The predicted molar refractivity (Wildman–Crippen MR) is 97.4 cm³/mol. The molecule has 24 heavy (non-hydrogen) atoms. The van der Waals surface area contributed by atoms with Crippen LogP contribution in [0.15, 0.2) is 29.6 Å². The molecular formula is C18H23N3O2S. The summed E-state index contributed by atoms with van der Waals surface area (Å²) in [5.74, 6) is 0.0179. The number of hydrogen-bond acceptors (Lipinski definition) is 4. The fourth-order valence-electron chi connectivity index (χ4n) is 3.26. The maximum Gasteiger partial charge on any atom is 0.252 e. The molecule has 1 fully saturated rings. The first kappa shape index (κ1) is 16.9. The number of benzene rings is 1. The molecule has 0 unspecified atom stereocenters. The monoisotopic (exact) mass is 345 g/mol. The molecule has 0 bridgehead atoms. The Labute approximate surface area is 146 Å². The number of carbonyl (C=O) groups excluding carboxylic acids is 2. The summed E-state index contributed by atoms with van der Waals surface area (Å²) in [5, 5.41) is 9.19. The van der Waals surface area contributed by atoms with E-state index in [1.165, 1.54) is 0 Å². The van der Waals surface area contributed by atoms with Crippen molar-refractivity contribution in [1.29, 1.82) is 0 Å². The lowest BCUT2D eigenvalue weighted by molar-refractivity contribution is -0.122. The standard InChI is InChI=1S/C18H23N3O2S/c1-21(2)11-17(22)19-12-6-7-13(10-12)20-18(23)15-4-3-5-16-14(15)8-9-24-16/h3-5,8-9,12-13H,6-7,10-11H2,1-2H3,(H,19,22)(H,20,23)/t12-,13+/m1/s1. The van der Waals surface area contributed by atoms with E-state index in [2.05, 4.69) is 10.6 Å². The average molecular weight is 345 g/mol. The average Bonchev–Trinajstić information content (AvgIpc) is 3.14. The summed E-state index contributed by atoms with van der Waals surface area (Å²) in [4.78, 5) is 26.3. The normalized spacial score (nSPS) is 20.5. The maximum atomic E-state index is 12.6. The summed E-state index contributed by atoms with van der Waals surface area (Å²) in [6.07, 6.45) is 2.61. The molecule has 2 aromatic rings. The molecule has 3 rings (SSSR count).